The Hall–Kier alpha value is -2.41. The molecular weight excluding hydrogens is 620 g/mol. The lowest BCUT2D eigenvalue weighted by Crippen LogP contribution is -2.82. The Kier molecular flexibility index (Phi) is 8.45. The first-order valence-corrected chi connectivity index (χ1v) is 19.3. The van der Waals surface area contributed by atoms with Gasteiger partial charge >= 0.3 is 11.9 Å². The number of carbonyl (C=O) groups excluding carboxylic acids is 3. The van der Waals surface area contributed by atoms with E-state index in [4.69, 9.17) is 27.5 Å². The number of methoxy groups -OCH3 is 1. The van der Waals surface area contributed by atoms with E-state index in [2.05, 4.69) is 0 Å². The van der Waals surface area contributed by atoms with Crippen molar-refractivity contribution in [3.63, 3.8) is 0 Å². The molecule has 0 unspecified atom stereocenters. The SMILES string of the molecule is [2H]C([2H])([2H])O[C@H]1C[C@H]2OC[C@@]2(OC(C)=O)[C@H]2[C@H](OC(=O)c3ccccc3)[C@]3(O)C[C@H](O)C(C)=C([C@@H](O[Si](CC)(CC)CC)C(=O)[C@]12C)C3(C)C. The molecule has 2 saturated carbocycles. The highest BCUT2D eigenvalue weighted by Crippen LogP contribution is 2.64. The van der Waals surface area contributed by atoms with E-state index >= 15 is 4.79 Å². The second kappa shape index (κ2) is 12.5. The number of fused-ring (bicyclic) bond motifs is 5. The molecule has 1 aromatic rings. The maximum atomic E-state index is 15.8. The highest BCUT2D eigenvalue weighted by molar-refractivity contribution is 6.73. The van der Waals surface area contributed by atoms with Crippen molar-refractivity contribution in [1.29, 1.82) is 0 Å². The largest absolute Gasteiger partial charge is 0.455 e. The number of aliphatic hydroxyl groups is 2. The van der Waals surface area contributed by atoms with Crippen LogP contribution in [0.15, 0.2) is 41.5 Å². The van der Waals surface area contributed by atoms with Gasteiger partial charge in [0.25, 0.3) is 0 Å². The third-order valence-corrected chi connectivity index (χ3v) is 16.9. The molecule has 11 heteroatoms. The standard InChI is InChI=1S/C36H52O10Si/c1-10-47(11-2,12-3)46-28-27-21(4)24(38)19-36(41,33(27,6)7)31(44-32(40)23-16-14-13-15-17-23)29-34(8,30(28)39)25(42-9)18-26-35(29,20-43-26)45-22(5)37/h13-17,24-26,28-29,31,38,41H,10-12,18-20H2,1-9H3/t24-,25-,26+,28+,29-,31-,34+,35-,36+/m0/s1/i9D3. The van der Waals surface area contributed by atoms with E-state index in [1.807, 2.05) is 20.8 Å². The fraction of sp³-hybridized carbons (Fsp3) is 0.694. The van der Waals surface area contributed by atoms with Gasteiger partial charge in [-0.2, -0.15) is 0 Å². The Morgan fingerprint density at radius 3 is 2.28 bits per heavy atom. The Bertz CT molecular complexity index is 1520. The maximum absolute atomic E-state index is 15.8. The summed E-state index contributed by atoms with van der Waals surface area (Å²) in [6.07, 6.45) is -7.02. The summed E-state index contributed by atoms with van der Waals surface area (Å²) in [5, 5.41) is 25.1. The molecule has 1 aromatic carbocycles. The van der Waals surface area contributed by atoms with Crippen molar-refractivity contribution in [2.75, 3.05) is 13.6 Å². The molecule has 3 aliphatic carbocycles. The third kappa shape index (κ3) is 5.18. The van der Waals surface area contributed by atoms with Gasteiger partial charge < -0.3 is 33.6 Å². The first-order valence-electron chi connectivity index (χ1n) is 18.3. The van der Waals surface area contributed by atoms with Crippen LogP contribution in [0.3, 0.4) is 0 Å². The first kappa shape index (κ1) is 31.8. The van der Waals surface area contributed by atoms with Crippen molar-refractivity contribution in [3.05, 3.63) is 47.0 Å². The number of hydrogen-bond acceptors (Lipinski definition) is 10. The number of esters is 2. The molecule has 4 aliphatic rings. The fourth-order valence-electron chi connectivity index (χ4n) is 9.14. The molecule has 260 valence electrons. The Morgan fingerprint density at radius 2 is 1.74 bits per heavy atom. The van der Waals surface area contributed by atoms with Crippen molar-refractivity contribution in [2.45, 2.75) is 128 Å². The molecule has 0 aromatic heterocycles. The summed E-state index contributed by atoms with van der Waals surface area (Å²) < 4.78 is 55.8. The highest BCUT2D eigenvalue weighted by atomic mass is 28.4. The smallest absolute Gasteiger partial charge is 0.338 e. The summed E-state index contributed by atoms with van der Waals surface area (Å²) in [4.78, 5) is 42.8. The zero-order valence-corrected chi connectivity index (χ0v) is 29.8. The van der Waals surface area contributed by atoms with Crippen LogP contribution >= 0.6 is 0 Å². The predicted molar refractivity (Wildman–Crippen MR) is 176 cm³/mol. The lowest BCUT2D eigenvalue weighted by atomic mass is 9.44. The van der Waals surface area contributed by atoms with E-state index < -0.39 is 91.5 Å². The van der Waals surface area contributed by atoms with Gasteiger partial charge in [-0.25, -0.2) is 4.79 Å². The zero-order chi connectivity index (χ0) is 37.2. The summed E-state index contributed by atoms with van der Waals surface area (Å²) in [5.74, 6) is -3.48. The van der Waals surface area contributed by atoms with Crippen LogP contribution in [0, 0.1) is 16.7 Å². The monoisotopic (exact) mass is 675 g/mol. The van der Waals surface area contributed by atoms with E-state index in [1.54, 1.807) is 58.0 Å². The van der Waals surface area contributed by atoms with Crippen LogP contribution in [-0.2, 0) is 33.0 Å². The Balaban J connectivity index is 1.89. The zero-order valence-electron chi connectivity index (χ0n) is 31.8. The number of rotatable bonds is 9. The van der Waals surface area contributed by atoms with Gasteiger partial charge in [0.1, 0.15) is 23.9 Å². The molecule has 0 amide bonds. The number of hydrogen-bond donors (Lipinski definition) is 2. The van der Waals surface area contributed by atoms with E-state index in [1.165, 1.54) is 6.92 Å². The molecule has 2 bridgehead atoms. The van der Waals surface area contributed by atoms with Gasteiger partial charge in [0.2, 0.25) is 0 Å². The lowest BCUT2D eigenvalue weighted by Gasteiger charge is -2.68. The molecular formula is C36H52O10Si. The number of ether oxygens (including phenoxy) is 4. The molecule has 47 heavy (non-hydrogen) atoms. The minimum absolute atomic E-state index is 0.142. The topological polar surface area (TPSA) is 138 Å². The number of benzene rings is 1. The second-order valence-electron chi connectivity index (χ2n) is 14.6. The molecule has 1 heterocycles. The summed E-state index contributed by atoms with van der Waals surface area (Å²) in [7, 11) is -5.62. The predicted octanol–water partition coefficient (Wildman–Crippen LogP) is 4.77. The van der Waals surface area contributed by atoms with Crippen molar-refractivity contribution >= 4 is 26.0 Å². The number of Topliss-reactive ketones (excluding diaryl/α,β-unsaturated/α-hetero) is 1. The van der Waals surface area contributed by atoms with Crippen molar-refractivity contribution in [3.8, 4) is 0 Å². The van der Waals surface area contributed by atoms with Gasteiger partial charge in [0, 0.05) is 32.2 Å². The van der Waals surface area contributed by atoms with Crippen LogP contribution in [0.25, 0.3) is 0 Å². The van der Waals surface area contributed by atoms with Crippen molar-refractivity contribution in [2.24, 2.45) is 16.7 Å². The van der Waals surface area contributed by atoms with Crippen LogP contribution in [0.5, 0.6) is 0 Å². The van der Waals surface area contributed by atoms with Gasteiger partial charge in [0.15, 0.2) is 19.7 Å². The van der Waals surface area contributed by atoms with Crippen molar-refractivity contribution < 1.29 is 52.1 Å². The summed E-state index contributed by atoms with van der Waals surface area (Å²) in [6.45, 7) is 13.8. The molecule has 9 atom stereocenters. The summed E-state index contributed by atoms with van der Waals surface area (Å²) in [5.41, 5.74) is -6.05. The van der Waals surface area contributed by atoms with E-state index in [-0.39, 0.29) is 25.0 Å². The average molecular weight is 676 g/mol. The van der Waals surface area contributed by atoms with E-state index in [0.717, 1.165) is 0 Å². The number of aliphatic hydroxyl groups excluding tert-OH is 1. The van der Waals surface area contributed by atoms with Crippen LogP contribution in [0.1, 0.15) is 82.7 Å². The first-order chi connectivity index (χ1) is 23.2. The van der Waals surface area contributed by atoms with Crippen LogP contribution < -0.4 is 0 Å². The average Bonchev–Trinajstić information content (AvgIpc) is 3.04. The van der Waals surface area contributed by atoms with Crippen LogP contribution in [0.2, 0.25) is 18.1 Å². The van der Waals surface area contributed by atoms with Crippen LogP contribution in [0.4, 0.5) is 0 Å². The molecule has 3 fully saturated rings. The molecule has 0 radical (unpaired) electrons. The van der Waals surface area contributed by atoms with Gasteiger partial charge in [0.05, 0.1) is 39.8 Å². The number of carbonyl (C=O) groups is 3. The maximum Gasteiger partial charge on any atom is 0.338 e. The molecule has 0 spiro atoms. The minimum atomic E-state index is -2.97. The molecule has 2 N–H and O–H groups in total. The summed E-state index contributed by atoms with van der Waals surface area (Å²) >= 11 is 0. The highest BCUT2D eigenvalue weighted by Gasteiger charge is 2.78. The molecule has 5 rings (SSSR count). The lowest BCUT2D eigenvalue weighted by molar-refractivity contribution is -0.347. The minimum Gasteiger partial charge on any atom is -0.455 e. The van der Waals surface area contributed by atoms with Gasteiger partial charge in [-0.3, -0.25) is 9.59 Å². The molecule has 10 nitrogen and oxygen atoms in total. The van der Waals surface area contributed by atoms with Gasteiger partial charge in [-0.1, -0.05) is 52.8 Å². The van der Waals surface area contributed by atoms with Crippen molar-refractivity contribution in [1.82, 2.24) is 0 Å². The van der Waals surface area contributed by atoms with Crippen LogP contribution in [-0.4, -0.2) is 91.6 Å². The van der Waals surface area contributed by atoms with E-state index in [9.17, 15) is 19.8 Å². The summed E-state index contributed by atoms with van der Waals surface area (Å²) in [6, 6.07) is 10.1. The number of ketones is 1. The Morgan fingerprint density at radius 1 is 1.11 bits per heavy atom. The normalized spacial score (nSPS) is 39.1. The second-order valence-corrected chi connectivity index (χ2v) is 19.3. The quantitative estimate of drug-likeness (QED) is 0.214. The van der Waals surface area contributed by atoms with E-state index in [0.29, 0.717) is 29.3 Å². The third-order valence-electron chi connectivity index (χ3n) is 12.3. The molecule has 1 aliphatic heterocycles. The molecule has 1 saturated heterocycles. The van der Waals surface area contributed by atoms with Gasteiger partial charge in [-0.15, -0.1) is 0 Å². The fourth-order valence-corrected chi connectivity index (χ4v) is 11.9. The van der Waals surface area contributed by atoms with Gasteiger partial charge in [-0.05, 0) is 55.3 Å². The Labute approximate surface area is 283 Å².